The van der Waals surface area contributed by atoms with E-state index in [1.807, 2.05) is 72.1 Å². The highest BCUT2D eigenvalue weighted by Gasteiger charge is 2.24. The van der Waals surface area contributed by atoms with Crippen LogP contribution >= 0.6 is 11.8 Å². The fourth-order valence-corrected chi connectivity index (χ4v) is 4.16. The fraction of sp³-hybridized carbons (Fsp3) is 0.200. The van der Waals surface area contributed by atoms with Gasteiger partial charge >= 0.3 is 0 Å². The van der Waals surface area contributed by atoms with Crippen LogP contribution in [0.25, 0.3) is 10.9 Å². The maximum absolute atomic E-state index is 13.4. The van der Waals surface area contributed by atoms with Crippen LogP contribution in [0.15, 0.2) is 59.5 Å². The van der Waals surface area contributed by atoms with Crippen molar-refractivity contribution in [3.8, 4) is 0 Å². The van der Waals surface area contributed by atoms with E-state index in [0.29, 0.717) is 0 Å². The first-order chi connectivity index (χ1) is 11.7. The van der Waals surface area contributed by atoms with E-state index in [1.54, 1.807) is 0 Å². The minimum atomic E-state index is 0.0617. The van der Waals surface area contributed by atoms with E-state index in [4.69, 9.17) is 0 Å². The number of carbonyl (C=O) groups excluding carboxylic acids is 1. The quantitative estimate of drug-likeness (QED) is 0.647. The van der Waals surface area contributed by atoms with Gasteiger partial charge in [-0.15, -0.1) is 11.8 Å². The third kappa shape index (κ3) is 2.67. The zero-order valence-corrected chi connectivity index (χ0v) is 14.3. The molecular weight excluding hydrogens is 316 g/mol. The molecular formula is C20H18N2OS. The summed E-state index contributed by atoms with van der Waals surface area (Å²) in [4.78, 5) is 21.0. The van der Waals surface area contributed by atoms with Crippen LogP contribution in [0.1, 0.15) is 22.5 Å². The summed E-state index contributed by atoms with van der Waals surface area (Å²) in [5, 5.41) is 0.919. The largest absolute Gasteiger partial charge is 0.307 e. The monoisotopic (exact) mass is 334 g/mol. The molecule has 0 saturated heterocycles. The van der Waals surface area contributed by atoms with Gasteiger partial charge in [0.2, 0.25) is 0 Å². The fourth-order valence-electron chi connectivity index (χ4n) is 3.17. The van der Waals surface area contributed by atoms with Crippen molar-refractivity contribution in [1.29, 1.82) is 0 Å². The molecule has 1 amide bonds. The Labute approximate surface area is 145 Å². The van der Waals surface area contributed by atoms with Gasteiger partial charge in [0.1, 0.15) is 0 Å². The third-order valence-electron chi connectivity index (χ3n) is 4.26. The first-order valence-electron chi connectivity index (χ1n) is 8.14. The number of aromatic nitrogens is 1. The van der Waals surface area contributed by atoms with Gasteiger partial charge in [-0.05, 0) is 43.4 Å². The number of fused-ring (bicyclic) bond motifs is 2. The van der Waals surface area contributed by atoms with Crippen molar-refractivity contribution < 1.29 is 4.79 Å². The number of aryl methyl sites for hydroxylation is 1. The molecule has 120 valence electrons. The highest BCUT2D eigenvalue weighted by Crippen LogP contribution is 2.35. The van der Waals surface area contributed by atoms with Gasteiger partial charge in [-0.1, -0.05) is 30.3 Å². The Morgan fingerprint density at radius 3 is 2.83 bits per heavy atom. The smallest absolute Gasteiger partial charge is 0.259 e. The highest BCUT2D eigenvalue weighted by atomic mass is 32.2. The molecule has 24 heavy (non-hydrogen) atoms. The zero-order valence-electron chi connectivity index (χ0n) is 13.5. The molecule has 0 atom stereocenters. The summed E-state index contributed by atoms with van der Waals surface area (Å²) in [6.45, 7) is 2.69. The number of carbonyl (C=O) groups is 1. The van der Waals surface area contributed by atoms with Gasteiger partial charge in [0.05, 0.1) is 16.8 Å². The summed E-state index contributed by atoms with van der Waals surface area (Å²) >= 11 is 1.83. The van der Waals surface area contributed by atoms with Crippen LogP contribution in [-0.2, 0) is 0 Å². The second-order valence-electron chi connectivity index (χ2n) is 5.95. The summed E-state index contributed by atoms with van der Waals surface area (Å²) in [6.07, 6.45) is 0.993. The van der Waals surface area contributed by atoms with E-state index in [0.717, 1.165) is 46.6 Å². The van der Waals surface area contributed by atoms with Crippen LogP contribution in [0.5, 0.6) is 0 Å². The molecule has 1 aromatic heterocycles. The van der Waals surface area contributed by atoms with Gasteiger partial charge in [0.15, 0.2) is 0 Å². The number of nitrogens with zero attached hydrogens (tertiary/aromatic N) is 2. The van der Waals surface area contributed by atoms with E-state index in [-0.39, 0.29) is 5.91 Å². The van der Waals surface area contributed by atoms with Crippen molar-refractivity contribution in [2.24, 2.45) is 0 Å². The maximum Gasteiger partial charge on any atom is 0.259 e. The molecule has 2 heterocycles. The molecule has 0 fully saturated rings. The minimum Gasteiger partial charge on any atom is -0.307 e. The number of pyridine rings is 1. The molecule has 4 heteroatoms. The lowest BCUT2D eigenvalue weighted by Crippen LogP contribution is -2.32. The van der Waals surface area contributed by atoms with Gasteiger partial charge in [-0.25, -0.2) is 0 Å². The minimum absolute atomic E-state index is 0.0617. The third-order valence-corrected chi connectivity index (χ3v) is 5.41. The van der Waals surface area contributed by atoms with Crippen molar-refractivity contribution in [2.75, 3.05) is 17.2 Å². The summed E-state index contributed by atoms with van der Waals surface area (Å²) in [7, 11) is 0. The van der Waals surface area contributed by atoms with Crippen LogP contribution in [0, 0.1) is 6.92 Å². The molecule has 0 aliphatic carbocycles. The van der Waals surface area contributed by atoms with E-state index in [1.165, 1.54) is 4.90 Å². The molecule has 0 saturated carbocycles. The average Bonchev–Trinajstić information content (AvgIpc) is 2.83. The molecule has 0 N–H and O–H groups in total. The van der Waals surface area contributed by atoms with Crippen molar-refractivity contribution in [1.82, 2.24) is 4.98 Å². The van der Waals surface area contributed by atoms with E-state index in [2.05, 4.69) is 11.1 Å². The van der Waals surface area contributed by atoms with Gasteiger partial charge in [-0.3, -0.25) is 9.78 Å². The molecule has 1 aliphatic rings. The van der Waals surface area contributed by atoms with Crippen molar-refractivity contribution >= 4 is 34.3 Å². The first kappa shape index (κ1) is 15.2. The second kappa shape index (κ2) is 6.29. The lowest BCUT2D eigenvalue weighted by Gasteiger charge is -2.23. The van der Waals surface area contributed by atoms with Gasteiger partial charge in [0, 0.05) is 22.5 Å². The summed E-state index contributed by atoms with van der Waals surface area (Å²) < 4.78 is 0. The second-order valence-corrected chi connectivity index (χ2v) is 7.09. The van der Waals surface area contributed by atoms with E-state index >= 15 is 0 Å². The number of amides is 1. The summed E-state index contributed by atoms with van der Waals surface area (Å²) in [5.41, 5.74) is 3.50. The number of anilines is 1. The molecule has 0 radical (unpaired) electrons. The molecule has 2 aromatic carbocycles. The van der Waals surface area contributed by atoms with Crippen molar-refractivity contribution in [3.05, 3.63) is 65.9 Å². The summed E-state index contributed by atoms with van der Waals surface area (Å²) in [5.74, 6) is 1.10. The van der Waals surface area contributed by atoms with Crippen LogP contribution in [-0.4, -0.2) is 23.2 Å². The molecule has 0 bridgehead atoms. The number of rotatable bonds is 1. The predicted octanol–water partition coefficient (Wildman–Crippen LogP) is 4.69. The van der Waals surface area contributed by atoms with E-state index in [9.17, 15) is 4.79 Å². The van der Waals surface area contributed by atoms with Gasteiger partial charge in [-0.2, -0.15) is 0 Å². The Kier molecular flexibility index (Phi) is 3.98. The maximum atomic E-state index is 13.4. The predicted molar refractivity (Wildman–Crippen MR) is 99.9 cm³/mol. The van der Waals surface area contributed by atoms with E-state index < -0.39 is 0 Å². The number of hydrogen-bond acceptors (Lipinski definition) is 3. The van der Waals surface area contributed by atoms with Crippen molar-refractivity contribution in [3.63, 3.8) is 0 Å². The summed E-state index contributed by atoms with van der Waals surface area (Å²) in [6, 6.07) is 17.9. The number of benzene rings is 2. The van der Waals surface area contributed by atoms with Crippen LogP contribution in [0.3, 0.4) is 0 Å². The normalized spacial score (nSPS) is 14.3. The SMILES string of the molecule is Cc1cc(C(=O)N2CCCSc3ccccc32)c2ccccc2n1. The number of hydrogen-bond donors (Lipinski definition) is 0. The molecule has 0 spiro atoms. The van der Waals surface area contributed by atoms with Crippen molar-refractivity contribution in [2.45, 2.75) is 18.2 Å². The van der Waals surface area contributed by atoms with Gasteiger partial charge < -0.3 is 4.90 Å². The Balaban J connectivity index is 1.85. The Hall–Kier alpha value is -2.33. The molecule has 4 rings (SSSR count). The van der Waals surface area contributed by atoms with Gasteiger partial charge in [0.25, 0.3) is 5.91 Å². The molecule has 3 nitrogen and oxygen atoms in total. The number of para-hydroxylation sites is 2. The molecule has 0 unspecified atom stereocenters. The molecule has 3 aromatic rings. The van der Waals surface area contributed by atoms with Crippen LogP contribution < -0.4 is 4.90 Å². The molecule has 1 aliphatic heterocycles. The van der Waals surface area contributed by atoms with Crippen LogP contribution in [0.4, 0.5) is 5.69 Å². The lowest BCUT2D eigenvalue weighted by atomic mass is 10.1. The first-order valence-corrected chi connectivity index (χ1v) is 9.13. The highest BCUT2D eigenvalue weighted by molar-refractivity contribution is 7.99. The Morgan fingerprint density at radius 1 is 1.12 bits per heavy atom. The Morgan fingerprint density at radius 2 is 1.92 bits per heavy atom. The lowest BCUT2D eigenvalue weighted by molar-refractivity contribution is 0.0988. The Bertz CT molecular complexity index is 922. The standard InChI is InChI=1S/C20H18N2OS/c1-14-13-16(15-7-2-3-8-17(15)21-14)20(23)22-11-6-12-24-19-10-5-4-9-18(19)22/h2-5,7-10,13H,6,11-12H2,1H3. The zero-order chi connectivity index (χ0) is 16.5. The average molecular weight is 334 g/mol. The number of thioether (sulfide) groups is 1. The topological polar surface area (TPSA) is 33.2 Å². The van der Waals surface area contributed by atoms with Crippen LogP contribution in [0.2, 0.25) is 0 Å².